The predicted octanol–water partition coefficient (Wildman–Crippen LogP) is 2.21. The maximum Gasteiger partial charge on any atom is 0.125 e. The second kappa shape index (κ2) is 4.18. The van der Waals surface area contributed by atoms with Gasteiger partial charge >= 0.3 is 0 Å². The molecule has 17 heavy (non-hydrogen) atoms. The van der Waals surface area contributed by atoms with Crippen LogP contribution in [0.5, 0.6) is 0 Å². The zero-order valence-electron chi connectivity index (χ0n) is 8.88. The SMILES string of the molecule is ClCc1nc2cnccc2n1Cc1ccon1. The third-order valence-electron chi connectivity index (χ3n) is 2.56. The van der Waals surface area contributed by atoms with E-state index in [0.717, 1.165) is 22.6 Å². The summed E-state index contributed by atoms with van der Waals surface area (Å²) in [5, 5.41) is 3.89. The summed E-state index contributed by atoms with van der Waals surface area (Å²) in [5.41, 5.74) is 2.68. The van der Waals surface area contributed by atoms with Gasteiger partial charge in [-0.25, -0.2) is 4.98 Å². The topological polar surface area (TPSA) is 56.7 Å². The fourth-order valence-corrected chi connectivity index (χ4v) is 2.00. The molecule has 0 atom stereocenters. The Hall–Kier alpha value is -1.88. The highest BCUT2D eigenvalue weighted by Gasteiger charge is 2.11. The molecule has 3 heterocycles. The molecule has 0 fully saturated rings. The van der Waals surface area contributed by atoms with Crippen molar-refractivity contribution < 1.29 is 4.52 Å². The largest absolute Gasteiger partial charge is 0.364 e. The Morgan fingerprint density at radius 1 is 1.35 bits per heavy atom. The summed E-state index contributed by atoms with van der Waals surface area (Å²) in [6.07, 6.45) is 5.02. The number of halogens is 1. The number of fused-ring (bicyclic) bond motifs is 1. The molecule has 0 aliphatic carbocycles. The minimum atomic E-state index is 0.354. The Morgan fingerprint density at radius 2 is 2.29 bits per heavy atom. The molecule has 3 aromatic heterocycles. The van der Waals surface area contributed by atoms with Gasteiger partial charge in [-0.2, -0.15) is 0 Å². The molecule has 86 valence electrons. The average Bonchev–Trinajstić information content (AvgIpc) is 2.98. The molecular formula is C11H9ClN4O. The second-order valence-electron chi connectivity index (χ2n) is 3.60. The van der Waals surface area contributed by atoms with E-state index in [1.165, 1.54) is 0 Å². The van der Waals surface area contributed by atoms with Crippen LogP contribution in [0.25, 0.3) is 11.0 Å². The summed E-state index contributed by atoms with van der Waals surface area (Å²) < 4.78 is 6.84. The van der Waals surface area contributed by atoms with Crippen molar-refractivity contribution in [1.82, 2.24) is 19.7 Å². The average molecular weight is 249 g/mol. The lowest BCUT2D eigenvalue weighted by Crippen LogP contribution is -2.03. The van der Waals surface area contributed by atoms with Gasteiger partial charge in [0.05, 0.1) is 24.1 Å². The van der Waals surface area contributed by atoms with Crippen molar-refractivity contribution in [3.63, 3.8) is 0 Å². The van der Waals surface area contributed by atoms with Crippen molar-refractivity contribution >= 4 is 22.6 Å². The molecule has 0 aromatic carbocycles. The quantitative estimate of drug-likeness (QED) is 0.667. The standard InChI is InChI=1S/C11H9ClN4O/c12-5-11-14-9-6-13-3-1-10(9)16(11)7-8-2-4-17-15-8/h1-4,6H,5,7H2. The highest BCUT2D eigenvalue weighted by atomic mass is 35.5. The van der Waals surface area contributed by atoms with E-state index in [2.05, 4.69) is 15.1 Å². The Bertz CT molecular complexity index is 632. The summed E-state index contributed by atoms with van der Waals surface area (Å²) >= 11 is 5.90. The second-order valence-corrected chi connectivity index (χ2v) is 3.87. The van der Waals surface area contributed by atoms with Crippen LogP contribution in [0, 0.1) is 0 Å². The fraction of sp³-hybridized carbons (Fsp3) is 0.182. The molecular weight excluding hydrogens is 240 g/mol. The van der Waals surface area contributed by atoms with E-state index in [9.17, 15) is 0 Å². The van der Waals surface area contributed by atoms with Crippen LogP contribution in [0.1, 0.15) is 11.5 Å². The molecule has 0 unspecified atom stereocenters. The van der Waals surface area contributed by atoms with E-state index in [4.69, 9.17) is 16.1 Å². The molecule has 0 N–H and O–H groups in total. The van der Waals surface area contributed by atoms with Gasteiger partial charge in [0.25, 0.3) is 0 Å². The number of aromatic nitrogens is 4. The van der Waals surface area contributed by atoms with Gasteiger partial charge in [-0.3, -0.25) is 4.98 Å². The molecule has 0 radical (unpaired) electrons. The zero-order chi connectivity index (χ0) is 11.7. The first-order valence-electron chi connectivity index (χ1n) is 5.13. The van der Waals surface area contributed by atoms with Crippen LogP contribution in [0.2, 0.25) is 0 Å². The first-order valence-corrected chi connectivity index (χ1v) is 5.66. The highest BCUT2D eigenvalue weighted by molar-refractivity contribution is 6.16. The van der Waals surface area contributed by atoms with E-state index in [-0.39, 0.29) is 0 Å². The van der Waals surface area contributed by atoms with E-state index in [1.807, 2.05) is 16.7 Å². The molecule has 0 aliphatic rings. The van der Waals surface area contributed by atoms with Crippen LogP contribution in [0.4, 0.5) is 0 Å². The Kier molecular flexibility index (Phi) is 2.53. The number of alkyl halides is 1. The molecule has 0 amide bonds. The lowest BCUT2D eigenvalue weighted by molar-refractivity contribution is 0.409. The van der Waals surface area contributed by atoms with Crippen LogP contribution in [0.3, 0.4) is 0 Å². The van der Waals surface area contributed by atoms with Crippen LogP contribution in [-0.4, -0.2) is 19.7 Å². The van der Waals surface area contributed by atoms with E-state index >= 15 is 0 Å². The minimum absolute atomic E-state index is 0.354. The van der Waals surface area contributed by atoms with Crippen LogP contribution >= 0.6 is 11.6 Å². The van der Waals surface area contributed by atoms with E-state index in [0.29, 0.717) is 12.4 Å². The first-order chi connectivity index (χ1) is 8.38. The Labute approximate surface area is 102 Å². The summed E-state index contributed by atoms with van der Waals surface area (Å²) in [7, 11) is 0. The molecule has 6 heteroatoms. The summed E-state index contributed by atoms with van der Waals surface area (Å²) in [6.45, 7) is 0.596. The molecule has 5 nitrogen and oxygen atoms in total. The first kappa shape index (κ1) is 10.3. The van der Waals surface area contributed by atoms with Gasteiger partial charge in [0.15, 0.2) is 0 Å². The molecule has 0 saturated carbocycles. The maximum atomic E-state index is 5.90. The Balaban J connectivity index is 2.12. The highest BCUT2D eigenvalue weighted by Crippen LogP contribution is 2.17. The van der Waals surface area contributed by atoms with E-state index in [1.54, 1.807) is 18.7 Å². The summed E-state index contributed by atoms with van der Waals surface area (Å²) in [4.78, 5) is 8.47. The van der Waals surface area contributed by atoms with Gasteiger partial charge in [-0.05, 0) is 6.07 Å². The van der Waals surface area contributed by atoms with Crippen molar-refractivity contribution in [2.24, 2.45) is 0 Å². The summed E-state index contributed by atoms with van der Waals surface area (Å²) in [5.74, 6) is 1.16. The van der Waals surface area contributed by atoms with Crippen molar-refractivity contribution in [3.05, 3.63) is 42.3 Å². The van der Waals surface area contributed by atoms with Crippen molar-refractivity contribution in [2.45, 2.75) is 12.4 Å². The van der Waals surface area contributed by atoms with Gasteiger partial charge in [0.2, 0.25) is 0 Å². The van der Waals surface area contributed by atoms with Crippen LogP contribution < -0.4 is 0 Å². The molecule has 3 rings (SSSR count). The van der Waals surface area contributed by atoms with Gasteiger partial charge < -0.3 is 9.09 Å². The zero-order valence-corrected chi connectivity index (χ0v) is 9.63. The number of rotatable bonds is 3. The monoisotopic (exact) mass is 248 g/mol. The van der Waals surface area contributed by atoms with Crippen molar-refractivity contribution in [1.29, 1.82) is 0 Å². The van der Waals surface area contributed by atoms with Crippen molar-refractivity contribution in [3.8, 4) is 0 Å². The third kappa shape index (κ3) is 1.78. The van der Waals surface area contributed by atoms with Gasteiger partial charge in [0.1, 0.15) is 23.3 Å². The van der Waals surface area contributed by atoms with Gasteiger partial charge in [-0.15, -0.1) is 11.6 Å². The maximum absolute atomic E-state index is 5.90. The predicted molar refractivity (Wildman–Crippen MR) is 62.7 cm³/mol. The lowest BCUT2D eigenvalue weighted by atomic mass is 10.3. The number of imidazole rings is 1. The third-order valence-corrected chi connectivity index (χ3v) is 2.80. The number of nitrogens with zero attached hydrogens (tertiary/aromatic N) is 4. The number of pyridine rings is 1. The Morgan fingerprint density at radius 3 is 3.06 bits per heavy atom. The molecule has 0 saturated heterocycles. The van der Waals surface area contributed by atoms with Gasteiger partial charge in [0, 0.05) is 12.3 Å². The normalized spacial score (nSPS) is 11.1. The van der Waals surface area contributed by atoms with Crippen LogP contribution in [-0.2, 0) is 12.4 Å². The molecule has 0 spiro atoms. The smallest absolute Gasteiger partial charge is 0.125 e. The van der Waals surface area contributed by atoms with Gasteiger partial charge in [-0.1, -0.05) is 5.16 Å². The number of hydrogen-bond donors (Lipinski definition) is 0. The lowest BCUT2D eigenvalue weighted by Gasteiger charge is -2.04. The minimum Gasteiger partial charge on any atom is -0.364 e. The summed E-state index contributed by atoms with van der Waals surface area (Å²) in [6, 6.07) is 3.74. The fourth-order valence-electron chi connectivity index (χ4n) is 1.79. The van der Waals surface area contributed by atoms with Crippen LogP contribution in [0.15, 0.2) is 35.3 Å². The number of hydrogen-bond acceptors (Lipinski definition) is 4. The molecule has 0 aliphatic heterocycles. The molecule has 3 aromatic rings. The molecule has 0 bridgehead atoms. The van der Waals surface area contributed by atoms with E-state index < -0.39 is 0 Å². The van der Waals surface area contributed by atoms with Crippen molar-refractivity contribution in [2.75, 3.05) is 0 Å².